The van der Waals surface area contributed by atoms with E-state index in [0.29, 0.717) is 0 Å². The average molecular weight is 453 g/mol. The van der Waals surface area contributed by atoms with E-state index in [2.05, 4.69) is 38.7 Å². The van der Waals surface area contributed by atoms with Gasteiger partial charge >= 0.3 is 0 Å². The van der Waals surface area contributed by atoms with Crippen molar-refractivity contribution in [2.75, 3.05) is 13.7 Å². The number of hydrogen-bond acceptors (Lipinski definition) is 3. The Hall–Kier alpha value is -2.63. The summed E-state index contributed by atoms with van der Waals surface area (Å²) in [5.74, 6) is 0.761. The largest absolute Gasteiger partial charge is 0.497 e. The van der Waals surface area contributed by atoms with Gasteiger partial charge < -0.3 is 10.1 Å². The van der Waals surface area contributed by atoms with E-state index in [1.54, 1.807) is 7.11 Å². The van der Waals surface area contributed by atoms with Gasteiger partial charge in [-0.1, -0.05) is 70.5 Å². The maximum Gasteiger partial charge on any atom is 0.234 e. The number of carbonyl (C=O) groups is 1. The van der Waals surface area contributed by atoms with Gasteiger partial charge in [-0.3, -0.25) is 10.1 Å². The third-order valence-electron chi connectivity index (χ3n) is 4.80. The summed E-state index contributed by atoms with van der Waals surface area (Å²) in [6.07, 6.45) is 0. The fourth-order valence-electron chi connectivity index (χ4n) is 3.19. The zero-order valence-corrected chi connectivity index (χ0v) is 18.1. The van der Waals surface area contributed by atoms with Crippen LogP contribution in [0.4, 0.5) is 0 Å². The minimum Gasteiger partial charge on any atom is -0.497 e. The molecule has 2 N–H and O–H groups in total. The summed E-state index contributed by atoms with van der Waals surface area (Å²) in [5, 5.41) is 6.45. The van der Waals surface area contributed by atoms with Crippen molar-refractivity contribution in [3.05, 3.63) is 100 Å². The van der Waals surface area contributed by atoms with Gasteiger partial charge in [-0.05, 0) is 47.9 Å². The lowest BCUT2D eigenvalue weighted by atomic mass is 9.98. The van der Waals surface area contributed by atoms with Crippen LogP contribution in [0.25, 0.3) is 0 Å². The first-order valence-electron chi connectivity index (χ1n) is 9.54. The highest BCUT2D eigenvalue weighted by atomic mass is 79.9. The van der Waals surface area contributed by atoms with Crippen LogP contribution in [0.5, 0.6) is 5.75 Å². The lowest BCUT2D eigenvalue weighted by Gasteiger charge is -2.21. The molecule has 29 heavy (non-hydrogen) atoms. The summed E-state index contributed by atoms with van der Waals surface area (Å²) in [4.78, 5) is 12.6. The minimum atomic E-state index is -0.0872. The fourth-order valence-corrected chi connectivity index (χ4v) is 3.46. The molecule has 0 aliphatic heterocycles. The Labute approximate surface area is 180 Å². The summed E-state index contributed by atoms with van der Waals surface area (Å²) < 4.78 is 6.28. The smallest absolute Gasteiger partial charge is 0.234 e. The second-order valence-corrected chi connectivity index (χ2v) is 7.75. The molecule has 0 aliphatic rings. The molecule has 3 aromatic rings. The predicted octanol–water partition coefficient (Wildman–Crippen LogP) is 5.01. The van der Waals surface area contributed by atoms with E-state index < -0.39 is 0 Å². The highest BCUT2D eigenvalue weighted by Gasteiger charge is 2.16. The quantitative estimate of drug-likeness (QED) is 0.504. The SMILES string of the molecule is COc1ccc(C(NCC(=O)NC(C)c2ccc(Br)cc2)c2ccccc2)cc1. The zero-order valence-electron chi connectivity index (χ0n) is 16.6. The van der Waals surface area contributed by atoms with Crippen molar-refractivity contribution in [3.8, 4) is 5.75 Å². The monoisotopic (exact) mass is 452 g/mol. The minimum absolute atomic E-state index is 0.0464. The zero-order chi connectivity index (χ0) is 20.6. The number of halogens is 1. The van der Waals surface area contributed by atoms with Crippen LogP contribution in [0.1, 0.15) is 35.7 Å². The number of benzene rings is 3. The van der Waals surface area contributed by atoms with Crippen LogP contribution in [0.15, 0.2) is 83.3 Å². The first-order valence-corrected chi connectivity index (χ1v) is 10.3. The molecule has 0 fully saturated rings. The third kappa shape index (κ3) is 5.92. The Balaban J connectivity index is 1.67. The van der Waals surface area contributed by atoms with Crippen molar-refractivity contribution in [1.29, 1.82) is 0 Å². The summed E-state index contributed by atoms with van der Waals surface area (Å²) in [5.41, 5.74) is 3.24. The van der Waals surface area contributed by atoms with Crippen LogP contribution in [0.2, 0.25) is 0 Å². The van der Waals surface area contributed by atoms with Gasteiger partial charge in [-0.15, -0.1) is 0 Å². The maximum absolute atomic E-state index is 12.6. The normalized spacial score (nSPS) is 12.8. The van der Waals surface area contributed by atoms with Gasteiger partial charge in [0.15, 0.2) is 0 Å². The molecule has 0 saturated heterocycles. The van der Waals surface area contributed by atoms with Gasteiger partial charge in [0, 0.05) is 4.47 Å². The highest BCUT2D eigenvalue weighted by molar-refractivity contribution is 9.10. The molecule has 1 amide bonds. The van der Waals surface area contributed by atoms with Gasteiger partial charge in [-0.25, -0.2) is 0 Å². The second-order valence-electron chi connectivity index (χ2n) is 6.84. The Kier molecular flexibility index (Phi) is 7.44. The topological polar surface area (TPSA) is 50.4 Å². The summed E-state index contributed by atoms with van der Waals surface area (Å²) in [7, 11) is 1.65. The van der Waals surface area contributed by atoms with Crippen molar-refractivity contribution in [3.63, 3.8) is 0 Å². The van der Waals surface area contributed by atoms with Crippen LogP contribution >= 0.6 is 15.9 Å². The molecule has 0 bridgehead atoms. The molecule has 0 heterocycles. The molecular weight excluding hydrogens is 428 g/mol. The first kappa shape index (κ1) is 21.1. The van der Waals surface area contributed by atoms with E-state index in [1.165, 1.54) is 0 Å². The van der Waals surface area contributed by atoms with Crippen molar-refractivity contribution >= 4 is 21.8 Å². The second kappa shape index (κ2) is 10.2. The molecule has 4 nitrogen and oxygen atoms in total. The van der Waals surface area contributed by atoms with Crippen molar-refractivity contribution in [1.82, 2.24) is 10.6 Å². The number of hydrogen-bond donors (Lipinski definition) is 2. The van der Waals surface area contributed by atoms with Gasteiger partial charge in [0.25, 0.3) is 0 Å². The molecule has 3 rings (SSSR count). The van der Waals surface area contributed by atoms with Gasteiger partial charge in [0.1, 0.15) is 5.75 Å². The van der Waals surface area contributed by atoms with Crippen molar-refractivity contribution in [2.45, 2.75) is 19.0 Å². The van der Waals surface area contributed by atoms with Gasteiger partial charge in [-0.2, -0.15) is 0 Å². The predicted molar refractivity (Wildman–Crippen MR) is 120 cm³/mol. The van der Waals surface area contributed by atoms with E-state index in [0.717, 1.165) is 26.9 Å². The third-order valence-corrected chi connectivity index (χ3v) is 5.32. The molecule has 0 aromatic heterocycles. The number of rotatable bonds is 8. The van der Waals surface area contributed by atoms with E-state index in [9.17, 15) is 4.79 Å². The van der Waals surface area contributed by atoms with Crippen molar-refractivity contribution in [2.24, 2.45) is 0 Å². The molecule has 0 saturated carbocycles. The summed E-state index contributed by atoms with van der Waals surface area (Å²) >= 11 is 3.43. The van der Waals surface area contributed by atoms with Crippen LogP contribution in [0.3, 0.4) is 0 Å². The molecule has 3 aromatic carbocycles. The molecular formula is C24H25BrN2O2. The molecule has 2 unspecified atom stereocenters. The standard InChI is InChI=1S/C24H25BrN2O2/c1-17(18-8-12-21(25)13-9-18)27-23(28)16-26-24(19-6-4-3-5-7-19)20-10-14-22(29-2)15-11-20/h3-15,17,24,26H,16H2,1-2H3,(H,27,28). The first-order chi connectivity index (χ1) is 14.1. The lowest BCUT2D eigenvalue weighted by molar-refractivity contribution is -0.121. The van der Waals surface area contributed by atoms with Crippen LogP contribution in [0, 0.1) is 0 Å². The highest BCUT2D eigenvalue weighted by Crippen LogP contribution is 2.24. The lowest BCUT2D eigenvalue weighted by Crippen LogP contribution is -2.37. The number of carbonyl (C=O) groups excluding carboxylic acids is 1. The molecule has 150 valence electrons. The Morgan fingerprint density at radius 2 is 1.48 bits per heavy atom. The fraction of sp³-hybridized carbons (Fsp3) is 0.208. The van der Waals surface area contributed by atoms with Crippen molar-refractivity contribution < 1.29 is 9.53 Å². The average Bonchev–Trinajstić information content (AvgIpc) is 2.75. The van der Waals surface area contributed by atoms with E-state index in [-0.39, 0.29) is 24.5 Å². The Bertz CT molecular complexity index is 912. The summed E-state index contributed by atoms with van der Waals surface area (Å²) in [6.45, 7) is 2.20. The number of methoxy groups -OCH3 is 1. The van der Waals surface area contributed by atoms with Gasteiger partial charge in [0.2, 0.25) is 5.91 Å². The Morgan fingerprint density at radius 3 is 2.10 bits per heavy atom. The van der Waals surface area contributed by atoms with Crippen LogP contribution < -0.4 is 15.4 Å². The number of nitrogens with one attached hydrogen (secondary N) is 2. The molecule has 0 aliphatic carbocycles. The van der Waals surface area contributed by atoms with Crippen LogP contribution in [-0.2, 0) is 4.79 Å². The van der Waals surface area contributed by atoms with Crippen LogP contribution in [-0.4, -0.2) is 19.6 Å². The number of ether oxygens (including phenoxy) is 1. The maximum atomic E-state index is 12.6. The number of amides is 1. The Morgan fingerprint density at radius 1 is 0.897 bits per heavy atom. The van der Waals surface area contributed by atoms with E-state index in [1.807, 2.05) is 73.7 Å². The molecule has 0 radical (unpaired) electrons. The van der Waals surface area contributed by atoms with E-state index >= 15 is 0 Å². The van der Waals surface area contributed by atoms with E-state index in [4.69, 9.17) is 4.74 Å². The molecule has 0 spiro atoms. The summed E-state index contributed by atoms with van der Waals surface area (Å²) in [6, 6.07) is 25.8. The van der Waals surface area contributed by atoms with Gasteiger partial charge in [0.05, 0.1) is 25.7 Å². The molecule has 2 atom stereocenters. The molecule has 5 heteroatoms.